The van der Waals surface area contributed by atoms with Crippen LogP contribution in [0.5, 0.6) is 0 Å². The van der Waals surface area contributed by atoms with Gasteiger partial charge in [0, 0.05) is 36.1 Å². The Morgan fingerprint density at radius 1 is 0.975 bits per heavy atom. The lowest BCUT2D eigenvalue weighted by Gasteiger charge is -2.23. The van der Waals surface area contributed by atoms with Crippen LogP contribution >= 0.6 is 0 Å². The summed E-state index contributed by atoms with van der Waals surface area (Å²) in [5, 5.41) is 12.5. The molecule has 0 saturated carbocycles. The summed E-state index contributed by atoms with van der Waals surface area (Å²) < 4.78 is 88.4. The number of halogens is 6. The van der Waals surface area contributed by atoms with E-state index < -0.39 is 36.0 Å². The molecule has 14 heteroatoms. The minimum absolute atomic E-state index is 0.0457. The van der Waals surface area contributed by atoms with E-state index >= 15 is 0 Å². The zero-order valence-corrected chi connectivity index (χ0v) is 21.8. The van der Waals surface area contributed by atoms with Crippen LogP contribution in [-0.4, -0.2) is 37.4 Å². The van der Waals surface area contributed by atoms with Crippen LogP contribution in [0, 0.1) is 0 Å². The first-order chi connectivity index (χ1) is 18.8. The van der Waals surface area contributed by atoms with Gasteiger partial charge in [-0.1, -0.05) is 30.2 Å². The number of carbonyl (C=O) groups is 1. The van der Waals surface area contributed by atoms with Crippen molar-refractivity contribution < 1.29 is 35.9 Å². The van der Waals surface area contributed by atoms with E-state index in [1.165, 1.54) is 11.9 Å². The molecule has 0 radical (unpaired) electrons. The number of fused-ring (bicyclic) bond motifs is 1. The lowest BCUT2D eigenvalue weighted by molar-refractivity contribution is -0.143. The summed E-state index contributed by atoms with van der Waals surface area (Å²) in [6.07, 6.45) is -9.32. The summed E-state index contributed by atoms with van der Waals surface area (Å²) in [6.45, 7) is 3.60. The maximum atomic E-state index is 13.5. The summed E-state index contributed by atoms with van der Waals surface area (Å²) in [7, 11) is 1.47. The first-order valence-electron chi connectivity index (χ1n) is 12.4. The predicted molar refractivity (Wildman–Crippen MR) is 133 cm³/mol. The quantitative estimate of drug-likeness (QED) is 0.182. The zero-order valence-electron chi connectivity index (χ0n) is 21.8. The van der Waals surface area contributed by atoms with Crippen molar-refractivity contribution >= 4 is 22.8 Å². The SMILES string of the molecule is CCCn1c(C(=O)OCC)c(CN(Cc2cc(C(F)(F)F)cc(C(F)(F)F)c2)c2nnn(C)n2)c2ccccc21. The highest BCUT2D eigenvalue weighted by Gasteiger charge is 2.37. The van der Waals surface area contributed by atoms with Crippen LogP contribution in [0.2, 0.25) is 0 Å². The number of hydrogen-bond acceptors (Lipinski definition) is 6. The van der Waals surface area contributed by atoms with E-state index in [0.717, 1.165) is 10.3 Å². The van der Waals surface area contributed by atoms with Gasteiger partial charge in [0.1, 0.15) is 5.69 Å². The van der Waals surface area contributed by atoms with Gasteiger partial charge in [-0.25, -0.2) is 4.79 Å². The summed E-state index contributed by atoms with van der Waals surface area (Å²) >= 11 is 0. The molecule has 40 heavy (non-hydrogen) atoms. The largest absolute Gasteiger partial charge is 0.461 e. The molecule has 0 saturated heterocycles. The molecule has 4 aromatic rings. The number of carbonyl (C=O) groups excluding carboxylic acids is 1. The first-order valence-corrected chi connectivity index (χ1v) is 12.4. The Balaban J connectivity index is 1.88. The van der Waals surface area contributed by atoms with Crippen LogP contribution in [0.3, 0.4) is 0 Å². The number of para-hydroxylation sites is 1. The van der Waals surface area contributed by atoms with E-state index in [-0.39, 0.29) is 36.4 Å². The normalized spacial score (nSPS) is 12.2. The molecule has 2 aromatic heterocycles. The molecule has 0 fully saturated rings. The van der Waals surface area contributed by atoms with Crippen LogP contribution in [0.15, 0.2) is 42.5 Å². The number of nitrogens with zero attached hydrogens (tertiary/aromatic N) is 6. The fourth-order valence-electron chi connectivity index (χ4n) is 4.54. The Morgan fingerprint density at radius 2 is 1.62 bits per heavy atom. The fraction of sp³-hybridized carbons (Fsp3) is 0.385. The van der Waals surface area contributed by atoms with E-state index in [1.54, 1.807) is 29.7 Å². The number of ether oxygens (including phenoxy) is 1. The van der Waals surface area contributed by atoms with Gasteiger partial charge < -0.3 is 14.2 Å². The van der Waals surface area contributed by atoms with Crippen LogP contribution in [0.4, 0.5) is 32.3 Å². The Bertz CT molecular complexity index is 1480. The molecule has 0 amide bonds. The Labute approximate surface area is 225 Å². The lowest BCUT2D eigenvalue weighted by Crippen LogP contribution is -2.26. The van der Waals surface area contributed by atoms with Crippen molar-refractivity contribution in [2.24, 2.45) is 7.05 Å². The third-order valence-electron chi connectivity index (χ3n) is 6.14. The van der Waals surface area contributed by atoms with Crippen molar-refractivity contribution in [1.82, 2.24) is 24.8 Å². The topological polar surface area (TPSA) is 78.1 Å². The molecule has 0 N–H and O–H groups in total. The molecule has 0 aliphatic rings. The maximum Gasteiger partial charge on any atom is 0.416 e. The maximum absolute atomic E-state index is 13.5. The molecule has 214 valence electrons. The van der Waals surface area contributed by atoms with Gasteiger partial charge in [0.2, 0.25) is 0 Å². The summed E-state index contributed by atoms with van der Waals surface area (Å²) in [5.41, 5.74) is -1.71. The molecule has 0 atom stereocenters. The second-order valence-corrected chi connectivity index (χ2v) is 9.07. The summed E-state index contributed by atoms with van der Waals surface area (Å²) in [5.74, 6) is -0.650. The van der Waals surface area contributed by atoms with E-state index in [1.807, 2.05) is 13.0 Å². The monoisotopic (exact) mass is 568 g/mol. The van der Waals surface area contributed by atoms with Gasteiger partial charge in [0.25, 0.3) is 5.95 Å². The number of alkyl halides is 6. The minimum atomic E-state index is -5.00. The standard InChI is InChI=1S/C26H26F6N6O2/c1-4-10-38-21-9-7-6-8-19(21)20(22(38)23(39)40-5-2)15-37(24-33-35-36(3)34-24)14-16-11-17(25(27,28)29)13-18(12-16)26(30,31)32/h6-9,11-13H,4-5,10,14-15H2,1-3H3. The highest BCUT2D eigenvalue weighted by atomic mass is 19.4. The van der Waals surface area contributed by atoms with Crippen LogP contribution in [0.1, 0.15) is 53.0 Å². The molecular weight excluding hydrogens is 542 g/mol. The van der Waals surface area contributed by atoms with E-state index in [0.29, 0.717) is 36.0 Å². The number of esters is 1. The molecular formula is C26H26F6N6O2. The Morgan fingerprint density at radius 3 is 2.17 bits per heavy atom. The Hall–Kier alpha value is -4.10. The van der Waals surface area contributed by atoms with Crippen LogP contribution in [0.25, 0.3) is 10.9 Å². The predicted octanol–water partition coefficient (Wildman–Crippen LogP) is 6.00. The molecule has 4 rings (SSSR count). The van der Waals surface area contributed by atoms with Gasteiger partial charge in [-0.2, -0.15) is 31.1 Å². The molecule has 0 spiro atoms. The van der Waals surface area contributed by atoms with Gasteiger partial charge in [0.05, 0.1) is 24.8 Å². The summed E-state index contributed by atoms with van der Waals surface area (Å²) in [6, 6.07) is 8.57. The van der Waals surface area contributed by atoms with Crippen LogP contribution < -0.4 is 4.90 Å². The van der Waals surface area contributed by atoms with Crippen molar-refractivity contribution in [2.45, 2.75) is 52.3 Å². The van der Waals surface area contributed by atoms with Gasteiger partial charge >= 0.3 is 18.3 Å². The number of rotatable bonds is 9. The molecule has 2 aromatic carbocycles. The number of aryl methyl sites for hydroxylation is 2. The number of anilines is 1. The molecule has 8 nitrogen and oxygen atoms in total. The third kappa shape index (κ3) is 6.05. The van der Waals surface area contributed by atoms with Gasteiger partial charge in [-0.05, 0) is 48.4 Å². The fourth-order valence-corrected chi connectivity index (χ4v) is 4.54. The smallest absolute Gasteiger partial charge is 0.416 e. The number of tetrazole rings is 1. The average Bonchev–Trinajstić information content (AvgIpc) is 3.44. The second kappa shape index (κ2) is 11.2. The van der Waals surface area contributed by atoms with E-state index in [4.69, 9.17) is 4.74 Å². The molecule has 0 bridgehead atoms. The number of benzene rings is 2. The van der Waals surface area contributed by atoms with Crippen molar-refractivity contribution in [1.29, 1.82) is 0 Å². The number of aromatic nitrogens is 5. The molecule has 0 aliphatic carbocycles. The number of hydrogen-bond donors (Lipinski definition) is 0. The minimum Gasteiger partial charge on any atom is -0.461 e. The van der Waals surface area contributed by atoms with Gasteiger partial charge in [-0.15, -0.1) is 5.10 Å². The molecule has 2 heterocycles. The van der Waals surface area contributed by atoms with E-state index in [9.17, 15) is 31.1 Å². The summed E-state index contributed by atoms with van der Waals surface area (Å²) in [4.78, 5) is 15.7. The first kappa shape index (κ1) is 28.9. The van der Waals surface area contributed by atoms with Gasteiger partial charge in [-0.3, -0.25) is 0 Å². The van der Waals surface area contributed by atoms with Crippen molar-refractivity contribution in [3.05, 3.63) is 70.4 Å². The average molecular weight is 569 g/mol. The van der Waals surface area contributed by atoms with Crippen molar-refractivity contribution in [3.63, 3.8) is 0 Å². The molecule has 0 aliphatic heterocycles. The second-order valence-electron chi connectivity index (χ2n) is 9.07. The third-order valence-corrected chi connectivity index (χ3v) is 6.14. The highest BCUT2D eigenvalue weighted by molar-refractivity contribution is 5.99. The van der Waals surface area contributed by atoms with Crippen LogP contribution in [-0.2, 0) is 43.8 Å². The molecule has 0 unspecified atom stereocenters. The lowest BCUT2D eigenvalue weighted by atomic mass is 10.0. The Kier molecular flexibility index (Phi) is 8.08. The van der Waals surface area contributed by atoms with Crippen molar-refractivity contribution in [2.75, 3.05) is 11.5 Å². The zero-order chi connectivity index (χ0) is 29.2. The van der Waals surface area contributed by atoms with Gasteiger partial charge in [0.15, 0.2) is 0 Å². The van der Waals surface area contributed by atoms with E-state index in [2.05, 4.69) is 15.4 Å². The van der Waals surface area contributed by atoms with Crippen molar-refractivity contribution in [3.8, 4) is 0 Å². The highest BCUT2D eigenvalue weighted by Crippen LogP contribution is 2.37.